The first-order valence-electron chi connectivity index (χ1n) is 8.48. The van der Waals surface area contributed by atoms with E-state index in [-0.39, 0.29) is 24.0 Å². The monoisotopic (exact) mass is 406 g/mol. The van der Waals surface area contributed by atoms with Crippen molar-refractivity contribution in [3.05, 3.63) is 35.9 Å². The number of ketones is 1. The lowest BCUT2D eigenvalue weighted by Crippen LogP contribution is -2.55. The molecule has 6 heteroatoms. The first kappa shape index (κ1) is 18.1. The zero-order valence-corrected chi connectivity index (χ0v) is 16.3. The van der Waals surface area contributed by atoms with Crippen LogP contribution in [0, 0.1) is 16.2 Å². The van der Waals surface area contributed by atoms with Crippen LogP contribution in [0.25, 0.3) is 0 Å². The van der Waals surface area contributed by atoms with E-state index in [1.54, 1.807) is 0 Å². The Morgan fingerprint density at radius 3 is 2.32 bits per heavy atom. The van der Waals surface area contributed by atoms with Crippen molar-refractivity contribution in [1.82, 2.24) is 10.9 Å². The highest BCUT2D eigenvalue weighted by Crippen LogP contribution is 2.72. The van der Waals surface area contributed by atoms with Gasteiger partial charge in [-0.25, -0.2) is 0 Å². The predicted octanol–water partition coefficient (Wildman–Crippen LogP) is 2.54. The van der Waals surface area contributed by atoms with Gasteiger partial charge >= 0.3 is 0 Å². The summed E-state index contributed by atoms with van der Waals surface area (Å²) in [4.78, 5) is 37.2. The van der Waals surface area contributed by atoms with Gasteiger partial charge in [-0.1, -0.05) is 67.0 Å². The van der Waals surface area contributed by atoms with Gasteiger partial charge in [0.15, 0.2) is 5.78 Å². The molecule has 0 heterocycles. The van der Waals surface area contributed by atoms with Crippen molar-refractivity contribution in [1.29, 1.82) is 0 Å². The van der Waals surface area contributed by atoms with Gasteiger partial charge in [0.1, 0.15) is 0 Å². The number of nitrogens with one attached hydrogen (secondary N) is 2. The fourth-order valence-electron chi connectivity index (χ4n) is 4.52. The summed E-state index contributed by atoms with van der Waals surface area (Å²) < 4.78 is 0. The Balaban J connectivity index is 1.71. The SMILES string of the molecule is CC12CCC(C(=O)NNC(=O)Cc3ccccc3)(C(Br)C1=O)C2(C)C. The number of hydrazine groups is 1. The third-order valence-electron chi connectivity index (χ3n) is 6.65. The van der Waals surface area contributed by atoms with Crippen molar-refractivity contribution in [2.75, 3.05) is 0 Å². The average Bonchev–Trinajstić information content (AvgIpc) is 2.85. The zero-order valence-electron chi connectivity index (χ0n) is 14.7. The quantitative estimate of drug-likeness (QED) is 0.598. The fraction of sp³-hybridized carbons (Fsp3) is 0.526. The van der Waals surface area contributed by atoms with Crippen molar-refractivity contribution in [2.45, 2.75) is 44.9 Å². The molecule has 0 spiro atoms. The molecule has 5 nitrogen and oxygen atoms in total. The maximum atomic E-state index is 13.0. The Morgan fingerprint density at radius 1 is 1.12 bits per heavy atom. The summed E-state index contributed by atoms with van der Waals surface area (Å²) in [6, 6.07) is 9.32. The predicted molar refractivity (Wildman–Crippen MR) is 97.7 cm³/mol. The lowest BCUT2D eigenvalue weighted by molar-refractivity contribution is -0.139. The van der Waals surface area contributed by atoms with Crippen molar-refractivity contribution >= 4 is 33.5 Å². The summed E-state index contributed by atoms with van der Waals surface area (Å²) in [5, 5.41) is 0. The molecule has 2 bridgehead atoms. The number of amides is 2. The van der Waals surface area contributed by atoms with Gasteiger partial charge < -0.3 is 0 Å². The van der Waals surface area contributed by atoms with E-state index in [0.29, 0.717) is 12.8 Å². The molecular formula is C19H23BrN2O3. The summed E-state index contributed by atoms with van der Waals surface area (Å²) >= 11 is 3.47. The van der Waals surface area contributed by atoms with Crippen LogP contribution in [0.15, 0.2) is 30.3 Å². The first-order valence-corrected chi connectivity index (χ1v) is 9.40. The average molecular weight is 407 g/mol. The molecule has 1 aromatic carbocycles. The first-order chi connectivity index (χ1) is 11.7. The maximum absolute atomic E-state index is 13.0. The summed E-state index contributed by atoms with van der Waals surface area (Å²) in [6.07, 6.45) is 1.50. The third kappa shape index (κ3) is 2.37. The lowest BCUT2D eigenvalue weighted by atomic mass is 9.64. The molecule has 2 fully saturated rings. The molecule has 0 aliphatic heterocycles. The number of rotatable bonds is 3. The van der Waals surface area contributed by atoms with Crippen molar-refractivity contribution < 1.29 is 14.4 Å². The van der Waals surface area contributed by atoms with Gasteiger partial charge in [-0.05, 0) is 23.8 Å². The lowest BCUT2D eigenvalue weighted by Gasteiger charge is -2.39. The van der Waals surface area contributed by atoms with Crippen LogP contribution in [-0.4, -0.2) is 22.4 Å². The molecular weight excluding hydrogens is 384 g/mol. The topological polar surface area (TPSA) is 75.3 Å². The minimum Gasteiger partial charge on any atom is -0.298 e. The second kappa shape index (κ2) is 5.94. The van der Waals surface area contributed by atoms with Crippen LogP contribution in [0.5, 0.6) is 0 Å². The Hall–Kier alpha value is -1.69. The Morgan fingerprint density at radius 2 is 1.76 bits per heavy atom. The number of Topliss-reactive ketones (excluding diaryl/α,β-unsaturated/α-hetero) is 1. The molecule has 0 saturated heterocycles. The molecule has 1 aromatic rings. The minimum absolute atomic E-state index is 0.0783. The maximum Gasteiger partial charge on any atom is 0.246 e. The summed E-state index contributed by atoms with van der Waals surface area (Å²) in [6.45, 7) is 5.90. The third-order valence-corrected chi connectivity index (χ3v) is 7.85. The van der Waals surface area contributed by atoms with Gasteiger partial charge in [-0.2, -0.15) is 0 Å². The molecule has 2 N–H and O–H groups in total. The van der Waals surface area contributed by atoms with Crippen LogP contribution in [-0.2, 0) is 20.8 Å². The molecule has 2 saturated carbocycles. The highest BCUT2D eigenvalue weighted by molar-refractivity contribution is 9.10. The van der Waals surface area contributed by atoms with Gasteiger partial charge in [-0.15, -0.1) is 0 Å². The number of hydrogen-bond donors (Lipinski definition) is 2. The van der Waals surface area contributed by atoms with Crippen LogP contribution < -0.4 is 10.9 Å². The number of hydrogen-bond acceptors (Lipinski definition) is 3. The standard InChI is InChI=1S/C19H23BrN2O3/c1-17(2)18(3)9-10-19(17,14(20)15(18)24)16(25)22-21-13(23)11-12-7-5-4-6-8-12/h4-8,14H,9-11H2,1-3H3,(H,21,23)(H,22,25). The van der Waals surface area contributed by atoms with Crippen molar-refractivity contribution in [3.63, 3.8) is 0 Å². The largest absolute Gasteiger partial charge is 0.298 e. The molecule has 0 radical (unpaired) electrons. The number of benzene rings is 1. The second-order valence-corrected chi connectivity index (χ2v) is 8.74. The zero-order chi connectivity index (χ0) is 18.5. The molecule has 2 amide bonds. The van der Waals surface area contributed by atoms with Gasteiger partial charge in [0.05, 0.1) is 16.7 Å². The van der Waals surface area contributed by atoms with E-state index in [1.807, 2.05) is 51.1 Å². The van der Waals surface area contributed by atoms with Crippen LogP contribution in [0.2, 0.25) is 0 Å². The van der Waals surface area contributed by atoms with E-state index >= 15 is 0 Å². The van der Waals surface area contributed by atoms with E-state index in [4.69, 9.17) is 0 Å². The van der Waals surface area contributed by atoms with Gasteiger partial charge in [0, 0.05) is 5.41 Å². The minimum atomic E-state index is -0.848. The van der Waals surface area contributed by atoms with E-state index in [2.05, 4.69) is 26.8 Å². The number of carbonyl (C=O) groups is 3. The molecule has 3 rings (SSSR count). The highest BCUT2D eigenvalue weighted by atomic mass is 79.9. The molecule has 2 aliphatic rings. The Kier molecular flexibility index (Phi) is 4.30. The molecule has 3 atom stereocenters. The summed E-state index contributed by atoms with van der Waals surface area (Å²) in [7, 11) is 0. The van der Waals surface area contributed by atoms with Crippen LogP contribution >= 0.6 is 15.9 Å². The summed E-state index contributed by atoms with van der Waals surface area (Å²) in [5.41, 5.74) is 4.08. The Labute approximate surface area is 156 Å². The van der Waals surface area contributed by atoms with E-state index in [1.165, 1.54) is 0 Å². The number of carbonyl (C=O) groups excluding carboxylic acids is 3. The van der Waals surface area contributed by atoms with E-state index in [9.17, 15) is 14.4 Å². The smallest absolute Gasteiger partial charge is 0.246 e. The number of alkyl halides is 1. The normalized spacial score (nSPS) is 32.5. The molecule has 0 aromatic heterocycles. The van der Waals surface area contributed by atoms with Gasteiger partial charge in [-0.3, -0.25) is 25.2 Å². The van der Waals surface area contributed by atoms with Gasteiger partial charge in [0.2, 0.25) is 11.8 Å². The molecule has 134 valence electrons. The van der Waals surface area contributed by atoms with E-state index < -0.39 is 21.1 Å². The van der Waals surface area contributed by atoms with E-state index in [0.717, 1.165) is 5.56 Å². The summed E-state index contributed by atoms with van der Waals surface area (Å²) in [5.74, 6) is -0.505. The van der Waals surface area contributed by atoms with Crippen LogP contribution in [0.3, 0.4) is 0 Å². The molecule has 25 heavy (non-hydrogen) atoms. The number of fused-ring (bicyclic) bond motifs is 2. The number of halogens is 1. The van der Waals surface area contributed by atoms with Crippen molar-refractivity contribution in [3.8, 4) is 0 Å². The van der Waals surface area contributed by atoms with Crippen LogP contribution in [0.1, 0.15) is 39.2 Å². The van der Waals surface area contributed by atoms with Gasteiger partial charge in [0.25, 0.3) is 0 Å². The fourth-order valence-corrected chi connectivity index (χ4v) is 6.03. The highest BCUT2D eigenvalue weighted by Gasteiger charge is 2.76. The van der Waals surface area contributed by atoms with Crippen molar-refractivity contribution in [2.24, 2.45) is 16.2 Å². The molecule has 2 aliphatic carbocycles. The second-order valence-electron chi connectivity index (χ2n) is 7.82. The van der Waals surface area contributed by atoms with Crippen LogP contribution in [0.4, 0.5) is 0 Å². The molecule has 3 unspecified atom stereocenters. The Bertz CT molecular complexity index is 733.